The van der Waals surface area contributed by atoms with E-state index >= 15 is 0 Å². The number of fused-ring (bicyclic) bond motifs is 1. The third-order valence-electron chi connectivity index (χ3n) is 4.25. The third kappa shape index (κ3) is 2.55. The van der Waals surface area contributed by atoms with Crippen LogP contribution in [-0.4, -0.2) is 33.9 Å². The number of hydrogen-bond acceptors (Lipinski definition) is 5. The Hall–Kier alpha value is -2.21. The molecular formula is C18H19N4O2PS. The van der Waals surface area contributed by atoms with Gasteiger partial charge in [-0.15, -0.1) is 11.3 Å². The van der Waals surface area contributed by atoms with Crippen LogP contribution in [0.5, 0.6) is 0 Å². The second-order valence-corrected chi connectivity index (χ2v) is 9.17. The molecule has 8 heteroatoms. The Balaban J connectivity index is 2.01. The van der Waals surface area contributed by atoms with E-state index in [4.69, 9.17) is 9.52 Å². The molecule has 0 fully saturated rings. The first-order chi connectivity index (χ1) is 12.6. The number of aliphatic imine (C=N–C) groups is 1. The van der Waals surface area contributed by atoms with Crippen LogP contribution in [0.1, 0.15) is 17.5 Å². The fourth-order valence-corrected chi connectivity index (χ4v) is 6.10. The first kappa shape index (κ1) is 17.2. The lowest BCUT2D eigenvalue weighted by Gasteiger charge is -2.32. The lowest BCUT2D eigenvalue weighted by atomic mass is 10.3. The van der Waals surface area contributed by atoms with Gasteiger partial charge in [0.25, 0.3) is 0 Å². The van der Waals surface area contributed by atoms with Gasteiger partial charge in [-0.1, -0.05) is 24.3 Å². The van der Waals surface area contributed by atoms with Crippen LogP contribution >= 0.6 is 18.9 Å². The van der Waals surface area contributed by atoms with E-state index < -0.39 is 7.52 Å². The molecule has 4 rings (SSSR count). The molecule has 0 saturated carbocycles. The summed E-state index contributed by atoms with van der Waals surface area (Å²) in [4.78, 5) is 5.79. The van der Waals surface area contributed by atoms with E-state index in [0.29, 0.717) is 29.3 Å². The molecule has 2 aromatic heterocycles. The SMILES string of the molecule is CCO[P@]1(=O)c2c(C)nn(-c3ccccc3)c2N=C(c2cccs2)N1C. The van der Waals surface area contributed by atoms with Crippen molar-refractivity contribution in [1.29, 1.82) is 0 Å². The summed E-state index contributed by atoms with van der Waals surface area (Å²) in [6.45, 7) is 4.04. The van der Waals surface area contributed by atoms with Crippen molar-refractivity contribution in [1.82, 2.24) is 14.5 Å². The monoisotopic (exact) mass is 386 g/mol. The number of aryl methyl sites for hydroxylation is 1. The molecule has 0 spiro atoms. The summed E-state index contributed by atoms with van der Waals surface area (Å²) in [7, 11) is -1.53. The predicted octanol–water partition coefficient (Wildman–Crippen LogP) is 4.12. The molecule has 1 aromatic carbocycles. The van der Waals surface area contributed by atoms with Crippen molar-refractivity contribution in [2.24, 2.45) is 4.99 Å². The topological polar surface area (TPSA) is 59.7 Å². The summed E-state index contributed by atoms with van der Waals surface area (Å²) in [5.74, 6) is 1.22. The first-order valence-electron chi connectivity index (χ1n) is 8.33. The smallest absolute Gasteiger partial charge is 0.310 e. The Morgan fingerprint density at radius 3 is 2.62 bits per heavy atom. The van der Waals surface area contributed by atoms with E-state index in [1.165, 1.54) is 0 Å². The highest BCUT2D eigenvalue weighted by Gasteiger charge is 2.44. The van der Waals surface area contributed by atoms with E-state index in [1.54, 1.807) is 27.7 Å². The fraction of sp³-hybridized carbons (Fsp3) is 0.222. The molecule has 0 aliphatic carbocycles. The van der Waals surface area contributed by atoms with Gasteiger partial charge in [-0.3, -0.25) is 9.24 Å². The Morgan fingerprint density at radius 1 is 1.19 bits per heavy atom. The molecule has 134 valence electrons. The van der Waals surface area contributed by atoms with Gasteiger partial charge >= 0.3 is 7.52 Å². The average molecular weight is 386 g/mol. The Labute approximate surface area is 156 Å². The molecule has 3 heterocycles. The fourth-order valence-electron chi connectivity index (χ4n) is 3.08. The molecule has 0 amide bonds. The second-order valence-electron chi connectivity index (χ2n) is 5.88. The van der Waals surface area contributed by atoms with Crippen LogP contribution < -0.4 is 5.30 Å². The Kier molecular flexibility index (Phi) is 4.31. The first-order valence-corrected chi connectivity index (χ1v) is 10.8. The van der Waals surface area contributed by atoms with Crippen molar-refractivity contribution in [2.75, 3.05) is 13.7 Å². The third-order valence-corrected chi connectivity index (χ3v) is 7.79. The van der Waals surface area contributed by atoms with Crippen LogP contribution in [0.15, 0.2) is 52.8 Å². The molecule has 0 unspecified atom stereocenters. The number of nitrogens with zero attached hydrogens (tertiary/aromatic N) is 4. The van der Waals surface area contributed by atoms with Crippen molar-refractivity contribution in [3.05, 3.63) is 58.4 Å². The average Bonchev–Trinajstić information content (AvgIpc) is 3.27. The van der Waals surface area contributed by atoms with Crippen molar-refractivity contribution in [3.8, 4) is 5.69 Å². The molecule has 0 saturated heterocycles. The number of hydrogen-bond donors (Lipinski definition) is 0. The van der Waals surface area contributed by atoms with Gasteiger partial charge in [0.1, 0.15) is 5.30 Å². The minimum absolute atomic E-state index is 0.342. The van der Waals surface area contributed by atoms with Crippen molar-refractivity contribution < 1.29 is 9.09 Å². The van der Waals surface area contributed by atoms with Crippen LogP contribution in [-0.2, 0) is 9.09 Å². The van der Waals surface area contributed by atoms with Crippen LogP contribution in [0, 0.1) is 6.92 Å². The van der Waals surface area contributed by atoms with Gasteiger partial charge in [0.2, 0.25) is 0 Å². The van der Waals surface area contributed by atoms with E-state index in [1.807, 2.05) is 61.7 Å². The molecule has 6 nitrogen and oxygen atoms in total. The minimum Gasteiger partial charge on any atom is -0.310 e. The molecule has 0 radical (unpaired) electrons. The highest BCUT2D eigenvalue weighted by atomic mass is 32.1. The van der Waals surface area contributed by atoms with E-state index in [-0.39, 0.29) is 0 Å². The van der Waals surface area contributed by atoms with Gasteiger partial charge < -0.3 is 4.52 Å². The number of thiophene rings is 1. The zero-order valence-corrected chi connectivity index (χ0v) is 16.5. The number of benzene rings is 1. The lowest BCUT2D eigenvalue weighted by molar-refractivity contribution is 0.317. The molecule has 26 heavy (non-hydrogen) atoms. The Morgan fingerprint density at radius 2 is 1.96 bits per heavy atom. The van der Waals surface area contributed by atoms with Crippen LogP contribution in [0.3, 0.4) is 0 Å². The van der Waals surface area contributed by atoms with Gasteiger partial charge in [-0.2, -0.15) is 5.10 Å². The summed E-state index contributed by atoms with van der Waals surface area (Å²) >= 11 is 1.56. The van der Waals surface area contributed by atoms with Gasteiger partial charge in [0.05, 0.1) is 22.9 Å². The highest BCUT2D eigenvalue weighted by molar-refractivity contribution is 7.66. The molecule has 1 aliphatic rings. The number of aromatic nitrogens is 2. The van der Waals surface area contributed by atoms with Gasteiger partial charge in [0, 0.05) is 7.05 Å². The van der Waals surface area contributed by atoms with Crippen LogP contribution in [0.25, 0.3) is 5.69 Å². The van der Waals surface area contributed by atoms with Gasteiger partial charge in [-0.05, 0) is 37.4 Å². The highest BCUT2D eigenvalue weighted by Crippen LogP contribution is 2.55. The number of amidine groups is 1. The number of para-hydroxylation sites is 1. The molecular weight excluding hydrogens is 367 g/mol. The minimum atomic E-state index is -3.30. The van der Waals surface area contributed by atoms with Gasteiger partial charge in [-0.25, -0.2) is 9.67 Å². The predicted molar refractivity (Wildman–Crippen MR) is 105 cm³/mol. The van der Waals surface area contributed by atoms with E-state index in [0.717, 1.165) is 10.6 Å². The molecule has 0 bridgehead atoms. The summed E-state index contributed by atoms with van der Waals surface area (Å²) < 4.78 is 23.2. The van der Waals surface area contributed by atoms with Crippen molar-refractivity contribution >= 4 is 35.8 Å². The van der Waals surface area contributed by atoms with Gasteiger partial charge in [0.15, 0.2) is 11.7 Å². The summed E-state index contributed by atoms with van der Waals surface area (Å²) in [6.07, 6.45) is 0. The molecule has 0 N–H and O–H groups in total. The van der Waals surface area contributed by atoms with Crippen molar-refractivity contribution in [3.63, 3.8) is 0 Å². The lowest BCUT2D eigenvalue weighted by Crippen LogP contribution is -2.34. The molecule has 1 aliphatic heterocycles. The van der Waals surface area contributed by atoms with E-state index in [2.05, 4.69) is 5.10 Å². The summed E-state index contributed by atoms with van der Waals surface area (Å²) in [6, 6.07) is 13.7. The number of rotatable bonds is 4. The standard InChI is InChI=1S/C18H19N4O2PS/c1-4-24-25(23)16-13(2)20-22(14-9-6-5-7-10-14)18(16)19-17(21(25)3)15-11-8-12-26-15/h5-12H,4H2,1-3H3/t25-/m1/s1. The maximum Gasteiger partial charge on any atom is 0.333 e. The summed E-state index contributed by atoms with van der Waals surface area (Å²) in [5, 5.41) is 7.18. The molecule has 1 atom stereocenters. The molecule has 3 aromatic rings. The largest absolute Gasteiger partial charge is 0.333 e. The summed E-state index contributed by atoms with van der Waals surface area (Å²) in [5.41, 5.74) is 1.54. The van der Waals surface area contributed by atoms with E-state index in [9.17, 15) is 4.57 Å². The quantitative estimate of drug-likeness (QED) is 0.633. The normalized spacial score (nSPS) is 19.3. The maximum atomic E-state index is 13.9. The Bertz CT molecular complexity index is 1010. The maximum absolute atomic E-state index is 13.9. The second kappa shape index (κ2) is 6.50. The van der Waals surface area contributed by atoms with Crippen molar-refractivity contribution in [2.45, 2.75) is 13.8 Å². The zero-order valence-electron chi connectivity index (χ0n) is 14.8. The van der Waals surface area contributed by atoms with Crippen LogP contribution in [0.4, 0.5) is 5.82 Å². The van der Waals surface area contributed by atoms with Crippen LogP contribution in [0.2, 0.25) is 0 Å². The zero-order chi connectivity index (χ0) is 18.3.